The molecule has 1 saturated heterocycles. The highest BCUT2D eigenvalue weighted by Crippen LogP contribution is 2.40. The van der Waals surface area contributed by atoms with E-state index in [9.17, 15) is 4.79 Å². The molecule has 1 unspecified atom stereocenters. The van der Waals surface area contributed by atoms with Crippen LogP contribution in [0.25, 0.3) is 0 Å². The van der Waals surface area contributed by atoms with Crippen molar-refractivity contribution >= 4 is 11.6 Å². The fraction of sp³-hybridized carbons (Fsp3) is 0.417. The van der Waals surface area contributed by atoms with Crippen molar-refractivity contribution in [1.82, 2.24) is 0 Å². The van der Waals surface area contributed by atoms with E-state index in [4.69, 9.17) is 9.47 Å². The van der Waals surface area contributed by atoms with E-state index in [1.807, 2.05) is 25.1 Å². The lowest BCUT2D eigenvalue weighted by atomic mass is 10.0. The number of ether oxygens (including phenoxy) is 2. The van der Waals surface area contributed by atoms with Crippen LogP contribution in [0.4, 0.5) is 5.69 Å². The van der Waals surface area contributed by atoms with Crippen LogP contribution in [0.5, 0.6) is 5.75 Å². The first-order valence-corrected chi connectivity index (χ1v) is 5.15. The van der Waals surface area contributed by atoms with Crippen LogP contribution in [0.15, 0.2) is 18.2 Å². The highest BCUT2D eigenvalue weighted by atomic mass is 16.6. The largest absolute Gasteiger partial charge is 0.495 e. The summed E-state index contributed by atoms with van der Waals surface area (Å²) < 4.78 is 10.5. The number of nitrogens with one attached hydrogen (secondary N) is 1. The normalized spacial score (nSPS) is 22.7. The number of methoxy groups -OCH3 is 1. The molecular formula is C12H15NO3. The zero-order valence-electron chi connectivity index (χ0n) is 9.66. The topological polar surface area (TPSA) is 50.9 Å². The molecule has 2 rings (SSSR count). The van der Waals surface area contributed by atoms with E-state index in [2.05, 4.69) is 5.32 Å². The first-order chi connectivity index (χ1) is 7.55. The highest BCUT2D eigenvalue weighted by molar-refractivity contribution is 5.90. The number of hydrogen-bond donors (Lipinski definition) is 1. The number of rotatable bonds is 3. The van der Waals surface area contributed by atoms with Gasteiger partial charge in [-0.2, -0.15) is 0 Å². The smallest absolute Gasteiger partial charge is 0.221 e. The monoisotopic (exact) mass is 221 g/mol. The molecule has 0 spiro atoms. The van der Waals surface area contributed by atoms with Crippen molar-refractivity contribution in [2.75, 3.05) is 19.0 Å². The molecule has 1 amide bonds. The van der Waals surface area contributed by atoms with E-state index in [1.165, 1.54) is 6.92 Å². The van der Waals surface area contributed by atoms with Gasteiger partial charge >= 0.3 is 0 Å². The number of anilines is 1. The lowest BCUT2D eigenvalue weighted by molar-refractivity contribution is -0.114. The van der Waals surface area contributed by atoms with Crippen molar-refractivity contribution in [2.24, 2.45) is 0 Å². The first kappa shape index (κ1) is 11.0. The Balaban J connectivity index is 2.34. The quantitative estimate of drug-likeness (QED) is 0.793. The Morgan fingerprint density at radius 3 is 2.75 bits per heavy atom. The highest BCUT2D eigenvalue weighted by Gasteiger charge is 2.41. The molecule has 1 aromatic rings. The Hall–Kier alpha value is -1.55. The molecule has 0 aromatic heterocycles. The van der Waals surface area contributed by atoms with Gasteiger partial charge in [0.15, 0.2) is 0 Å². The molecule has 0 saturated carbocycles. The summed E-state index contributed by atoms with van der Waals surface area (Å²) in [6.07, 6.45) is 0. The van der Waals surface area contributed by atoms with Gasteiger partial charge in [0.25, 0.3) is 0 Å². The molecule has 1 heterocycles. The molecule has 1 aromatic carbocycles. The van der Waals surface area contributed by atoms with Crippen LogP contribution < -0.4 is 10.1 Å². The van der Waals surface area contributed by atoms with E-state index < -0.39 is 0 Å². The van der Waals surface area contributed by atoms with Crippen molar-refractivity contribution in [2.45, 2.75) is 19.4 Å². The zero-order chi connectivity index (χ0) is 11.8. The lowest BCUT2D eigenvalue weighted by Crippen LogP contribution is -2.09. The molecule has 86 valence electrons. The Bertz CT molecular complexity index is 424. The molecule has 1 N–H and O–H groups in total. The van der Waals surface area contributed by atoms with Gasteiger partial charge in [-0.1, -0.05) is 6.07 Å². The second-order valence-electron chi connectivity index (χ2n) is 4.12. The number of hydrogen-bond acceptors (Lipinski definition) is 3. The van der Waals surface area contributed by atoms with Crippen LogP contribution >= 0.6 is 0 Å². The molecule has 16 heavy (non-hydrogen) atoms. The minimum absolute atomic E-state index is 0.114. The predicted octanol–water partition coefficient (Wildman–Crippen LogP) is 1.90. The third-order valence-corrected chi connectivity index (χ3v) is 2.70. The second-order valence-corrected chi connectivity index (χ2v) is 4.12. The van der Waals surface area contributed by atoms with Gasteiger partial charge in [-0.3, -0.25) is 4.79 Å². The molecule has 0 aliphatic carbocycles. The van der Waals surface area contributed by atoms with Gasteiger partial charge in [0, 0.05) is 6.92 Å². The maximum atomic E-state index is 11.1. The minimum Gasteiger partial charge on any atom is -0.495 e. The summed E-state index contributed by atoms with van der Waals surface area (Å²) in [5.41, 5.74) is 1.54. The number of carbonyl (C=O) groups excluding carboxylic acids is 1. The lowest BCUT2D eigenvalue weighted by Gasteiger charge is -2.12. The van der Waals surface area contributed by atoms with E-state index in [0.29, 0.717) is 11.4 Å². The van der Waals surface area contributed by atoms with Crippen molar-refractivity contribution in [3.8, 4) is 5.75 Å². The van der Waals surface area contributed by atoms with Crippen LogP contribution in [0.2, 0.25) is 0 Å². The minimum atomic E-state index is -0.195. The van der Waals surface area contributed by atoms with Gasteiger partial charge in [-0.15, -0.1) is 0 Å². The Morgan fingerprint density at radius 2 is 2.25 bits per heavy atom. The number of carbonyl (C=O) groups is 1. The van der Waals surface area contributed by atoms with Crippen molar-refractivity contribution in [3.63, 3.8) is 0 Å². The molecule has 4 heteroatoms. The second kappa shape index (κ2) is 3.79. The Kier molecular flexibility index (Phi) is 2.59. The summed E-state index contributed by atoms with van der Waals surface area (Å²) in [4.78, 5) is 11.1. The SMILES string of the molecule is COc1ccc(C2(C)CO2)cc1NC(C)=O. The molecule has 0 radical (unpaired) electrons. The molecule has 1 aliphatic rings. The maximum absolute atomic E-state index is 11.1. The fourth-order valence-corrected chi connectivity index (χ4v) is 1.60. The molecule has 1 aliphatic heterocycles. The molecule has 4 nitrogen and oxygen atoms in total. The molecule has 0 bridgehead atoms. The summed E-state index contributed by atoms with van der Waals surface area (Å²) in [6.45, 7) is 4.21. The van der Waals surface area contributed by atoms with Gasteiger partial charge in [0.1, 0.15) is 11.4 Å². The average Bonchev–Trinajstić information content (AvgIpc) is 2.97. The summed E-state index contributed by atoms with van der Waals surface area (Å²) >= 11 is 0. The van der Waals surface area contributed by atoms with Crippen LogP contribution in [0, 0.1) is 0 Å². The third-order valence-electron chi connectivity index (χ3n) is 2.70. The van der Waals surface area contributed by atoms with Crippen LogP contribution in [0.3, 0.4) is 0 Å². The summed E-state index contributed by atoms with van der Waals surface area (Å²) in [7, 11) is 1.58. The van der Waals surface area contributed by atoms with Gasteiger partial charge in [-0.25, -0.2) is 0 Å². The standard InChI is InChI=1S/C12H15NO3/c1-8(14)13-10-6-9(12(2)7-16-12)4-5-11(10)15-3/h4-6H,7H2,1-3H3,(H,13,14). The Labute approximate surface area is 94.6 Å². The first-order valence-electron chi connectivity index (χ1n) is 5.15. The number of epoxide rings is 1. The molecular weight excluding hydrogens is 206 g/mol. The van der Waals surface area contributed by atoms with Crippen LogP contribution in [-0.2, 0) is 15.1 Å². The van der Waals surface area contributed by atoms with Crippen molar-refractivity contribution < 1.29 is 14.3 Å². The predicted molar refractivity (Wildman–Crippen MR) is 60.6 cm³/mol. The number of amides is 1. The van der Waals surface area contributed by atoms with E-state index in [1.54, 1.807) is 7.11 Å². The number of benzene rings is 1. The van der Waals surface area contributed by atoms with Crippen LogP contribution in [-0.4, -0.2) is 19.6 Å². The summed E-state index contributed by atoms with van der Waals surface area (Å²) in [5.74, 6) is 0.542. The zero-order valence-corrected chi connectivity index (χ0v) is 9.66. The van der Waals surface area contributed by atoms with E-state index in [0.717, 1.165) is 12.2 Å². The van der Waals surface area contributed by atoms with Gasteiger partial charge < -0.3 is 14.8 Å². The van der Waals surface area contributed by atoms with Crippen molar-refractivity contribution in [1.29, 1.82) is 0 Å². The molecule has 1 fully saturated rings. The van der Waals surface area contributed by atoms with Crippen LogP contribution in [0.1, 0.15) is 19.4 Å². The summed E-state index contributed by atoms with van der Waals surface area (Å²) in [5, 5.41) is 2.75. The fourth-order valence-electron chi connectivity index (χ4n) is 1.60. The maximum Gasteiger partial charge on any atom is 0.221 e. The van der Waals surface area contributed by atoms with Gasteiger partial charge in [0.2, 0.25) is 5.91 Å². The average molecular weight is 221 g/mol. The molecule has 1 atom stereocenters. The van der Waals surface area contributed by atoms with E-state index >= 15 is 0 Å². The van der Waals surface area contributed by atoms with Gasteiger partial charge in [0.05, 0.1) is 19.4 Å². The van der Waals surface area contributed by atoms with Crippen molar-refractivity contribution in [3.05, 3.63) is 23.8 Å². The Morgan fingerprint density at radius 1 is 1.56 bits per heavy atom. The van der Waals surface area contributed by atoms with E-state index in [-0.39, 0.29) is 11.5 Å². The third kappa shape index (κ3) is 2.02. The summed E-state index contributed by atoms with van der Waals surface area (Å²) in [6, 6.07) is 5.69. The van der Waals surface area contributed by atoms with Gasteiger partial charge in [-0.05, 0) is 24.6 Å².